The second-order valence-corrected chi connectivity index (χ2v) is 7.77. The van der Waals surface area contributed by atoms with Crippen LogP contribution in [0.2, 0.25) is 0 Å². The first-order valence-corrected chi connectivity index (χ1v) is 10.1. The maximum absolute atomic E-state index is 13.2. The van der Waals surface area contributed by atoms with Crippen LogP contribution in [0.4, 0.5) is 13.2 Å². The summed E-state index contributed by atoms with van der Waals surface area (Å²) in [5.74, 6) is 0.512. The first kappa shape index (κ1) is 21.2. The van der Waals surface area contributed by atoms with Crippen LogP contribution in [0.3, 0.4) is 0 Å². The van der Waals surface area contributed by atoms with Gasteiger partial charge in [-0.1, -0.05) is 24.3 Å². The van der Waals surface area contributed by atoms with Gasteiger partial charge in [0.05, 0.1) is 30.2 Å². The Morgan fingerprint density at radius 1 is 1.19 bits per heavy atom. The molecule has 0 bridgehead atoms. The summed E-state index contributed by atoms with van der Waals surface area (Å²) in [5, 5.41) is 18.3. The monoisotopic (exact) mass is 449 g/mol. The van der Waals surface area contributed by atoms with Gasteiger partial charge in [-0.2, -0.15) is 17.5 Å². The summed E-state index contributed by atoms with van der Waals surface area (Å²) in [6.07, 6.45) is -2.57. The topological polar surface area (TPSA) is 86.0 Å². The summed E-state index contributed by atoms with van der Waals surface area (Å²) in [6.45, 7) is 1.46. The number of ether oxygens (including phenoxy) is 1. The third-order valence-corrected chi connectivity index (χ3v) is 5.85. The van der Waals surface area contributed by atoms with Crippen molar-refractivity contribution in [2.24, 2.45) is 0 Å². The Kier molecular flexibility index (Phi) is 5.40. The molecule has 4 aromatic rings. The molecule has 7 nitrogen and oxygen atoms in total. The Morgan fingerprint density at radius 3 is 2.65 bits per heavy atom. The van der Waals surface area contributed by atoms with Gasteiger partial charge >= 0.3 is 6.18 Å². The highest BCUT2D eigenvalue weighted by Crippen LogP contribution is 2.40. The van der Waals surface area contributed by atoms with E-state index in [4.69, 9.17) is 4.74 Å². The van der Waals surface area contributed by atoms with Crippen LogP contribution in [0.1, 0.15) is 24.6 Å². The van der Waals surface area contributed by atoms with Crippen LogP contribution in [0, 0.1) is 0 Å². The fourth-order valence-corrected chi connectivity index (χ4v) is 4.07. The fourth-order valence-electron chi connectivity index (χ4n) is 3.21. The molecule has 3 heterocycles. The number of nitrogens with zero attached hydrogens (tertiary/aromatic N) is 5. The van der Waals surface area contributed by atoms with Crippen LogP contribution >= 0.6 is 11.5 Å². The van der Waals surface area contributed by atoms with E-state index >= 15 is 0 Å². The Bertz CT molecular complexity index is 1210. The Labute approximate surface area is 179 Å². The van der Waals surface area contributed by atoms with Crippen LogP contribution in [0.25, 0.3) is 21.3 Å². The second-order valence-electron chi connectivity index (χ2n) is 6.96. The lowest BCUT2D eigenvalue weighted by molar-refractivity contribution is -0.269. The molecule has 1 atom stereocenters. The summed E-state index contributed by atoms with van der Waals surface area (Å²) in [6, 6.07) is 9.30. The minimum absolute atomic E-state index is 0.206. The van der Waals surface area contributed by atoms with E-state index in [0.717, 1.165) is 33.1 Å². The maximum atomic E-state index is 13.2. The quantitative estimate of drug-likeness (QED) is 0.476. The highest BCUT2D eigenvalue weighted by molar-refractivity contribution is 7.13. The Morgan fingerprint density at radius 2 is 2.00 bits per heavy atom. The normalized spacial score (nSPS) is 14.0. The summed E-state index contributed by atoms with van der Waals surface area (Å²) in [4.78, 5) is 4.20. The predicted octanol–water partition coefficient (Wildman–Crippen LogP) is 4.17. The van der Waals surface area contributed by atoms with E-state index in [2.05, 4.69) is 19.7 Å². The number of methoxy groups -OCH3 is 1. The van der Waals surface area contributed by atoms with Crippen molar-refractivity contribution in [2.45, 2.75) is 31.7 Å². The average molecular weight is 449 g/mol. The largest absolute Gasteiger partial charge is 0.481 e. The van der Waals surface area contributed by atoms with E-state index in [9.17, 15) is 18.3 Å². The lowest BCUT2D eigenvalue weighted by Crippen LogP contribution is -2.42. The van der Waals surface area contributed by atoms with Crippen LogP contribution in [0.15, 0.2) is 42.7 Å². The van der Waals surface area contributed by atoms with Gasteiger partial charge in [-0.25, -0.2) is 9.67 Å². The molecule has 1 aromatic carbocycles. The van der Waals surface area contributed by atoms with E-state index in [0.29, 0.717) is 5.88 Å². The second kappa shape index (κ2) is 7.89. The third-order valence-electron chi connectivity index (χ3n) is 5.04. The molecular formula is C20H18F3N5O2S. The number of halogens is 3. The smallest absolute Gasteiger partial charge is 0.423 e. The van der Waals surface area contributed by atoms with Crippen molar-refractivity contribution in [3.63, 3.8) is 0 Å². The lowest BCUT2D eigenvalue weighted by atomic mass is 9.96. The van der Waals surface area contributed by atoms with E-state index in [1.807, 2.05) is 24.3 Å². The average Bonchev–Trinajstić information content (AvgIpc) is 3.39. The zero-order valence-electron chi connectivity index (χ0n) is 16.6. The van der Waals surface area contributed by atoms with Gasteiger partial charge in [0.25, 0.3) is 0 Å². The van der Waals surface area contributed by atoms with Crippen LogP contribution in [0.5, 0.6) is 5.88 Å². The number of hydrogen-bond acceptors (Lipinski definition) is 7. The third kappa shape index (κ3) is 3.86. The highest BCUT2D eigenvalue weighted by Gasteiger charge is 2.55. The van der Waals surface area contributed by atoms with Gasteiger partial charge in [0.15, 0.2) is 0 Å². The minimum atomic E-state index is -4.84. The molecule has 11 heteroatoms. The van der Waals surface area contributed by atoms with Gasteiger partial charge in [0, 0.05) is 23.2 Å². The van der Waals surface area contributed by atoms with Crippen molar-refractivity contribution in [2.75, 3.05) is 7.11 Å². The summed E-state index contributed by atoms with van der Waals surface area (Å²) >= 11 is 1.32. The van der Waals surface area contributed by atoms with Crippen molar-refractivity contribution in [3.8, 4) is 17.1 Å². The number of hydrogen-bond donors (Lipinski definition) is 1. The maximum Gasteiger partial charge on any atom is 0.423 e. The molecular weight excluding hydrogens is 431 g/mol. The number of rotatable bonds is 6. The van der Waals surface area contributed by atoms with E-state index in [1.54, 1.807) is 19.4 Å². The van der Waals surface area contributed by atoms with Gasteiger partial charge in [-0.3, -0.25) is 0 Å². The molecule has 1 unspecified atom stereocenters. The molecule has 0 saturated carbocycles. The molecule has 0 aliphatic heterocycles. The number of benzene rings is 1. The first-order valence-electron chi connectivity index (χ1n) is 9.33. The molecule has 162 valence electrons. The molecule has 0 aliphatic rings. The van der Waals surface area contributed by atoms with Gasteiger partial charge in [0.2, 0.25) is 11.5 Å². The molecule has 0 amide bonds. The van der Waals surface area contributed by atoms with Crippen molar-refractivity contribution < 1.29 is 23.0 Å². The van der Waals surface area contributed by atoms with Crippen molar-refractivity contribution in [1.82, 2.24) is 24.4 Å². The molecule has 1 N–H and O–H groups in total. The Balaban J connectivity index is 1.59. The SMILES string of the molecule is CCC(O)(c1cn(Cc2ccc3c(-c4ccc(OC)nc4)nsc3c2)nn1)C(F)(F)F. The molecule has 0 fully saturated rings. The van der Waals surface area contributed by atoms with Gasteiger partial charge < -0.3 is 9.84 Å². The number of pyridine rings is 1. The first-order chi connectivity index (χ1) is 14.7. The van der Waals surface area contributed by atoms with Crippen LogP contribution in [-0.2, 0) is 12.1 Å². The van der Waals surface area contributed by atoms with E-state index in [1.165, 1.54) is 23.1 Å². The summed E-state index contributed by atoms with van der Waals surface area (Å²) < 4.78 is 51.5. The minimum Gasteiger partial charge on any atom is -0.481 e. The molecule has 0 aliphatic carbocycles. The van der Waals surface area contributed by atoms with Crippen LogP contribution < -0.4 is 4.74 Å². The zero-order chi connectivity index (χ0) is 22.2. The van der Waals surface area contributed by atoms with Gasteiger partial charge in [-0.15, -0.1) is 5.10 Å². The summed E-state index contributed by atoms with van der Waals surface area (Å²) in [7, 11) is 1.55. The number of aliphatic hydroxyl groups is 1. The number of alkyl halides is 3. The molecule has 0 saturated heterocycles. The fraction of sp³-hybridized carbons (Fsp3) is 0.300. The van der Waals surface area contributed by atoms with Crippen LogP contribution in [-0.4, -0.2) is 42.7 Å². The zero-order valence-corrected chi connectivity index (χ0v) is 17.4. The molecule has 0 spiro atoms. The Hall–Kier alpha value is -3.05. The number of fused-ring (bicyclic) bond motifs is 1. The van der Waals surface area contributed by atoms with Crippen molar-refractivity contribution >= 4 is 21.6 Å². The van der Waals surface area contributed by atoms with Gasteiger partial charge in [-0.05, 0) is 35.6 Å². The van der Waals surface area contributed by atoms with E-state index in [-0.39, 0.29) is 6.54 Å². The highest BCUT2D eigenvalue weighted by atomic mass is 32.1. The standard InChI is InChI=1S/C20H18F3N5O2S/c1-3-19(29,20(21,22)23)16-11-28(27-25-16)10-12-4-6-14-15(8-12)31-26-18(14)13-5-7-17(30-2)24-9-13/h4-9,11,29H,3,10H2,1-2H3. The molecule has 4 rings (SSSR count). The molecule has 0 radical (unpaired) electrons. The van der Waals surface area contributed by atoms with Crippen molar-refractivity contribution in [3.05, 3.63) is 54.0 Å². The van der Waals surface area contributed by atoms with Crippen molar-refractivity contribution in [1.29, 1.82) is 0 Å². The molecule has 31 heavy (non-hydrogen) atoms. The van der Waals surface area contributed by atoms with E-state index < -0.39 is 23.9 Å². The molecule has 3 aromatic heterocycles. The lowest BCUT2D eigenvalue weighted by Gasteiger charge is -2.26. The van der Waals surface area contributed by atoms with Gasteiger partial charge in [0.1, 0.15) is 5.69 Å². The number of aromatic nitrogens is 5. The predicted molar refractivity (Wildman–Crippen MR) is 109 cm³/mol. The summed E-state index contributed by atoms with van der Waals surface area (Å²) in [5.41, 5.74) is -1.07.